The number of benzene rings is 2. The zero-order valence-corrected chi connectivity index (χ0v) is 19.0. The Morgan fingerprint density at radius 1 is 0.970 bits per heavy atom. The number of hydrogen-bond donors (Lipinski definition) is 1. The third kappa shape index (κ3) is 6.32. The monoisotopic (exact) mass is 470 g/mol. The van der Waals surface area contributed by atoms with Crippen LogP contribution in [0, 0.1) is 0 Å². The summed E-state index contributed by atoms with van der Waals surface area (Å²) in [7, 11) is 4.23. The first-order valence-corrected chi connectivity index (χ1v) is 10.7. The normalized spacial score (nSPS) is 10.4. The van der Waals surface area contributed by atoms with Crippen molar-refractivity contribution in [2.24, 2.45) is 7.05 Å². The highest BCUT2D eigenvalue weighted by Crippen LogP contribution is 2.20. The minimum atomic E-state index is -0.644. The lowest BCUT2D eigenvalue weighted by atomic mass is 10.1. The summed E-state index contributed by atoms with van der Waals surface area (Å²) < 4.78 is 16.8. The molecule has 1 aromatic heterocycles. The molecule has 0 aliphatic heterocycles. The van der Waals surface area contributed by atoms with Crippen LogP contribution in [-0.2, 0) is 27.9 Å². The molecule has 10 nitrogen and oxygen atoms in total. The number of thioether (sulfide) groups is 1. The van der Waals surface area contributed by atoms with E-state index in [-0.39, 0.29) is 35.1 Å². The number of anilines is 1. The first kappa shape index (κ1) is 23.8. The number of ether oxygens (including phenoxy) is 3. The van der Waals surface area contributed by atoms with Crippen LogP contribution in [0.25, 0.3) is 0 Å². The molecule has 0 saturated heterocycles. The molecule has 0 atom stereocenters. The number of methoxy groups -OCH3 is 2. The quantitative estimate of drug-likeness (QED) is 0.371. The standard InChI is InChI=1S/C22H22N4O6S/c1-26-18(12-32-17-7-5-4-6-8-17)24-25-22(26)33-13-19(27)23-16-10-14(20(28)30-2)9-15(11-16)21(29)31-3/h4-11H,12-13H2,1-3H3,(H,23,27). The molecule has 1 heterocycles. The van der Waals surface area contributed by atoms with Crippen molar-refractivity contribution < 1.29 is 28.6 Å². The third-order valence-electron chi connectivity index (χ3n) is 4.43. The fraction of sp³-hybridized carbons (Fsp3) is 0.227. The number of rotatable bonds is 9. The minimum absolute atomic E-state index is 0.0293. The fourth-order valence-corrected chi connectivity index (χ4v) is 3.49. The van der Waals surface area contributed by atoms with E-state index in [1.165, 1.54) is 44.2 Å². The van der Waals surface area contributed by atoms with Gasteiger partial charge in [-0.15, -0.1) is 10.2 Å². The van der Waals surface area contributed by atoms with Crippen molar-refractivity contribution in [3.8, 4) is 5.75 Å². The van der Waals surface area contributed by atoms with Gasteiger partial charge < -0.3 is 24.1 Å². The SMILES string of the molecule is COC(=O)c1cc(NC(=O)CSc2nnc(COc3ccccc3)n2C)cc(C(=O)OC)c1. The molecule has 0 saturated carbocycles. The highest BCUT2D eigenvalue weighted by molar-refractivity contribution is 7.99. The van der Waals surface area contributed by atoms with Gasteiger partial charge in [-0.25, -0.2) is 9.59 Å². The molecule has 0 radical (unpaired) electrons. The second kappa shape index (κ2) is 11.1. The van der Waals surface area contributed by atoms with E-state index in [1.807, 2.05) is 30.3 Å². The Balaban J connectivity index is 1.62. The molecule has 2 aromatic carbocycles. The molecule has 1 amide bonds. The van der Waals surface area contributed by atoms with Gasteiger partial charge in [0.05, 0.1) is 31.1 Å². The van der Waals surface area contributed by atoms with Gasteiger partial charge in [0.25, 0.3) is 0 Å². The van der Waals surface area contributed by atoms with Crippen molar-refractivity contribution in [3.05, 3.63) is 65.5 Å². The van der Waals surface area contributed by atoms with Gasteiger partial charge in [0.2, 0.25) is 5.91 Å². The predicted octanol–water partition coefficient (Wildman–Crippen LogP) is 2.70. The van der Waals surface area contributed by atoms with Gasteiger partial charge in [-0.2, -0.15) is 0 Å². The van der Waals surface area contributed by atoms with Crippen molar-refractivity contribution in [3.63, 3.8) is 0 Å². The lowest BCUT2D eigenvalue weighted by Crippen LogP contribution is -2.16. The number of carbonyl (C=O) groups is 3. The Bertz CT molecular complexity index is 1110. The number of carbonyl (C=O) groups excluding carboxylic acids is 3. The highest BCUT2D eigenvalue weighted by Gasteiger charge is 2.16. The molecular formula is C22H22N4O6S. The van der Waals surface area contributed by atoms with E-state index in [0.717, 1.165) is 5.75 Å². The van der Waals surface area contributed by atoms with Crippen molar-refractivity contribution in [1.29, 1.82) is 0 Å². The molecular weight excluding hydrogens is 448 g/mol. The fourth-order valence-electron chi connectivity index (χ4n) is 2.76. The maximum absolute atomic E-state index is 12.5. The van der Waals surface area contributed by atoms with E-state index in [2.05, 4.69) is 15.5 Å². The van der Waals surface area contributed by atoms with Crippen molar-refractivity contribution in [1.82, 2.24) is 14.8 Å². The van der Waals surface area contributed by atoms with Gasteiger partial charge >= 0.3 is 11.9 Å². The van der Waals surface area contributed by atoms with Gasteiger partial charge in [-0.05, 0) is 30.3 Å². The average molecular weight is 471 g/mol. The summed E-state index contributed by atoms with van der Waals surface area (Å²) in [5, 5.41) is 11.4. The van der Waals surface area contributed by atoms with Crippen LogP contribution in [0.4, 0.5) is 5.69 Å². The number of esters is 2. The van der Waals surface area contributed by atoms with Crippen LogP contribution in [0.2, 0.25) is 0 Å². The predicted molar refractivity (Wildman–Crippen MR) is 120 cm³/mol. The molecule has 0 aliphatic rings. The zero-order valence-electron chi connectivity index (χ0n) is 18.2. The van der Waals surface area contributed by atoms with Crippen LogP contribution in [0.5, 0.6) is 5.75 Å². The largest absolute Gasteiger partial charge is 0.486 e. The van der Waals surface area contributed by atoms with E-state index in [4.69, 9.17) is 14.2 Å². The molecule has 0 bridgehead atoms. The Morgan fingerprint density at radius 3 is 2.21 bits per heavy atom. The third-order valence-corrected chi connectivity index (χ3v) is 5.45. The molecule has 1 N–H and O–H groups in total. The molecule has 0 spiro atoms. The Hall–Kier alpha value is -3.86. The number of nitrogens with zero attached hydrogens (tertiary/aromatic N) is 3. The maximum Gasteiger partial charge on any atom is 0.337 e. The summed E-state index contributed by atoms with van der Waals surface area (Å²) in [5.41, 5.74) is 0.484. The lowest BCUT2D eigenvalue weighted by Gasteiger charge is -2.09. The highest BCUT2D eigenvalue weighted by atomic mass is 32.2. The van der Waals surface area contributed by atoms with E-state index in [0.29, 0.717) is 11.0 Å². The summed E-state index contributed by atoms with van der Waals surface area (Å²) in [6.45, 7) is 0.233. The van der Waals surface area contributed by atoms with E-state index in [1.54, 1.807) is 11.6 Å². The first-order valence-electron chi connectivity index (χ1n) is 9.71. The summed E-state index contributed by atoms with van der Waals surface area (Å²) in [6, 6.07) is 13.5. The van der Waals surface area contributed by atoms with Crippen LogP contribution in [0.15, 0.2) is 53.7 Å². The van der Waals surface area contributed by atoms with E-state index < -0.39 is 11.9 Å². The molecule has 172 valence electrons. The summed E-state index contributed by atoms with van der Waals surface area (Å²) in [4.78, 5) is 36.2. The number of para-hydroxylation sites is 1. The second-order valence-corrected chi connectivity index (χ2v) is 7.62. The van der Waals surface area contributed by atoms with Gasteiger partial charge in [-0.1, -0.05) is 30.0 Å². The van der Waals surface area contributed by atoms with Crippen LogP contribution < -0.4 is 10.1 Å². The molecule has 0 fully saturated rings. The first-order chi connectivity index (χ1) is 15.9. The van der Waals surface area contributed by atoms with Gasteiger partial charge in [0.15, 0.2) is 11.0 Å². The van der Waals surface area contributed by atoms with Crippen molar-refractivity contribution in [2.75, 3.05) is 25.3 Å². The molecule has 11 heteroatoms. The van der Waals surface area contributed by atoms with E-state index >= 15 is 0 Å². The smallest absolute Gasteiger partial charge is 0.337 e. The molecule has 3 aromatic rings. The summed E-state index contributed by atoms with van der Waals surface area (Å²) in [6.07, 6.45) is 0. The lowest BCUT2D eigenvalue weighted by molar-refractivity contribution is -0.113. The number of nitrogens with one attached hydrogen (secondary N) is 1. The molecule has 33 heavy (non-hydrogen) atoms. The van der Waals surface area contributed by atoms with E-state index in [9.17, 15) is 14.4 Å². The average Bonchev–Trinajstić information content (AvgIpc) is 3.19. The Labute approximate surface area is 194 Å². The number of hydrogen-bond acceptors (Lipinski definition) is 9. The minimum Gasteiger partial charge on any atom is -0.486 e. The van der Waals surface area contributed by atoms with Crippen LogP contribution in [0.3, 0.4) is 0 Å². The van der Waals surface area contributed by atoms with Crippen molar-refractivity contribution in [2.45, 2.75) is 11.8 Å². The second-order valence-electron chi connectivity index (χ2n) is 6.68. The summed E-state index contributed by atoms with van der Waals surface area (Å²) in [5.74, 6) is -0.292. The van der Waals surface area contributed by atoms with Crippen LogP contribution in [0.1, 0.15) is 26.5 Å². The van der Waals surface area contributed by atoms with Crippen molar-refractivity contribution >= 4 is 35.3 Å². The molecule has 0 aliphatic carbocycles. The number of amides is 1. The van der Waals surface area contributed by atoms with Gasteiger partial charge in [0, 0.05) is 12.7 Å². The Kier molecular flexibility index (Phi) is 8.03. The van der Waals surface area contributed by atoms with Crippen LogP contribution >= 0.6 is 11.8 Å². The Morgan fingerprint density at radius 2 is 1.61 bits per heavy atom. The number of aromatic nitrogens is 3. The zero-order chi connectivity index (χ0) is 23.8. The van der Waals surface area contributed by atoms with Gasteiger partial charge in [0.1, 0.15) is 12.4 Å². The summed E-state index contributed by atoms with van der Waals surface area (Å²) >= 11 is 1.19. The van der Waals surface area contributed by atoms with Crippen LogP contribution in [-0.4, -0.2) is 52.6 Å². The maximum atomic E-state index is 12.5. The molecule has 0 unspecified atom stereocenters. The topological polar surface area (TPSA) is 122 Å². The van der Waals surface area contributed by atoms with Gasteiger partial charge in [-0.3, -0.25) is 4.79 Å². The molecule has 3 rings (SSSR count).